The van der Waals surface area contributed by atoms with Crippen molar-refractivity contribution in [3.05, 3.63) is 29.6 Å². The number of pyridine rings is 1. The van der Waals surface area contributed by atoms with Gasteiger partial charge in [0.1, 0.15) is 5.78 Å². The number of carbonyl (C=O) groups is 1. The summed E-state index contributed by atoms with van der Waals surface area (Å²) in [6, 6.07) is 3.54. The van der Waals surface area contributed by atoms with Crippen molar-refractivity contribution < 1.29 is 4.79 Å². The lowest BCUT2D eigenvalue weighted by molar-refractivity contribution is -0.125. The second-order valence-corrected chi connectivity index (χ2v) is 4.53. The van der Waals surface area contributed by atoms with E-state index in [9.17, 15) is 4.79 Å². The zero-order valence-corrected chi connectivity index (χ0v) is 9.37. The predicted octanol–water partition coefficient (Wildman–Crippen LogP) is 2.22. The molecular formula is C13H15NO. The molecule has 1 aromatic rings. The average molecular weight is 201 g/mol. The maximum Gasteiger partial charge on any atom is 0.144 e. The van der Waals surface area contributed by atoms with Crippen molar-refractivity contribution in [2.45, 2.75) is 27.2 Å². The zero-order chi connectivity index (χ0) is 11.5. The highest BCUT2D eigenvalue weighted by molar-refractivity contribution is 5.85. The smallest absolute Gasteiger partial charge is 0.144 e. The Morgan fingerprint density at radius 2 is 2.20 bits per heavy atom. The molecule has 1 aromatic heterocycles. The van der Waals surface area contributed by atoms with E-state index in [4.69, 9.17) is 6.42 Å². The molecule has 1 rings (SSSR count). The first-order valence-corrected chi connectivity index (χ1v) is 4.88. The van der Waals surface area contributed by atoms with Gasteiger partial charge in [-0.1, -0.05) is 26.7 Å². The minimum Gasteiger partial charge on any atom is -0.299 e. The van der Waals surface area contributed by atoms with Gasteiger partial charge in [0, 0.05) is 29.3 Å². The fourth-order valence-corrected chi connectivity index (χ4v) is 1.09. The SMILES string of the molecule is C#Cc1ccnc(CC(=O)C(C)(C)C)c1. The summed E-state index contributed by atoms with van der Waals surface area (Å²) in [5.41, 5.74) is 1.18. The van der Waals surface area contributed by atoms with Gasteiger partial charge >= 0.3 is 0 Å². The van der Waals surface area contributed by atoms with E-state index in [2.05, 4.69) is 10.9 Å². The van der Waals surface area contributed by atoms with E-state index in [0.717, 1.165) is 11.3 Å². The molecule has 0 fully saturated rings. The lowest BCUT2D eigenvalue weighted by Crippen LogP contribution is -2.22. The monoisotopic (exact) mass is 201 g/mol. The van der Waals surface area contributed by atoms with Gasteiger partial charge in [0.2, 0.25) is 0 Å². The quantitative estimate of drug-likeness (QED) is 0.687. The third-order valence-electron chi connectivity index (χ3n) is 2.16. The number of Topliss-reactive ketones (excluding diaryl/α,β-unsaturated/α-hetero) is 1. The summed E-state index contributed by atoms with van der Waals surface area (Å²) < 4.78 is 0. The van der Waals surface area contributed by atoms with Crippen molar-refractivity contribution in [3.8, 4) is 12.3 Å². The van der Waals surface area contributed by atoms with Gasteiger partial charge in [-0.15, -0.1) is 6.42 Å². The van der Waals surface area contributed by atoms with Crippen molar-refractivity contribution in [2.24, 2.45) is 5.41 Å². The van der Waals surface area contributed by atoms with Crippen LogP contribution in [0.15, 0.2) is 18.3 Å². The summed E-state index contributed by atoms with van der Waals surface area (Å²) in [7, 11) is 0. The second kappa shape index (κ2) is 4.27. The van der Waals surface area contributed by atoms with Crippen molar-refractivity contribution in [1.82, 2.24) is 4.98 Å². The standard InChI is InChI=1S/C13H15NO/c1-5-10-6-7-14-11(8-10)9-12(15)13(2,3)4/h1,6-8H,9H2,2-4H3. The van der Waals surface area contributed by atoms with Crippen LogP contribution in [0, 0.1) is 17.8 Å². The molecule has 0 aromatic carbocycles. The molecule has 2 nitrogen and oxygen atoms in total. The molecule has 0 amide bonds. The Hall–Kier alpha value is -1.62. The first-order valence-electron chi connectivity index (χ1n) is 4.88. The molecule has 0 N–H and O–H groups in total. The van der Waals surface area contributed by atoms with E-state index in [0.29, 0.717) is 6.42 Å². The van der Waals surface area contributed by atoms with Gasteiger partial charge in [0.25, 0.3) is 0 Å². The van der Waals surface area contributed by atoms with Crippen molar-refractivity contribution in [3.63, 3.8) is 0 Å². The minimum absolute atomic E-state index is 0.171. The van der Waals surface area contributed by atoms with Crippen LogP contribution in [0.25, 0.3) is 0 Å². The van der Waals surface area contributed by atoms with Crippen molar-refractivity contribution >= 4 is 5.78 Å². The van der Waals surface area contributed by atoms with Crippen molar-refractivity contribution in [1.29, 1.82) is 0 Å². The van der Waals surface area contributed by atoms with Gasteiger partial charge in [-0.05, 0) is 12.1 Å². The molecule has 0 saturated carbocycles. The number of carbonyl (C=O) groups excluding carboxylic acids is 1. The van der Waals surface area contributed by atoms with Crippen LogP contribution in [0.2, 0.25) is 0 Å². The molecule has 0 aliphatic rings. The molecule has 0 aliphatic carbocycles. The first-order chi connectivity index (χ1) is 6.93. The topological polar surface area (TPSA) is 30.0 Å². The number of terminal acetylenes is 1. The number of aromatic nitrogens is 1. The van der Waals surface area contributed by atoms with Crippen LogP contribution in [0.1, 0.15) is 32.0 Å². The van der Waals surface area contributed by atoms with Crippen LogP contribution in [-0.4, -0.2) is 10.8 Å². The number of ketones is 1. The van der Waals surface area contributed by atoms with E-state index in [1.807, 2.05) is 20.8 Å². The van der Waals surface area contributed by atoms with E-state index < -0.39 is 0 Å². The van der Waals surface area contributed by atoms with Crippen LogP contribution in [0.3, 0.4) is 0 Å². The van der Waals surface area contributed by atoms with Crippen LogP contribution < -0.4 is 0 Å². The molecule has 15 heavy (non-hydrogen) atoms. The maximum absolute atomic E-state index is 11.7. The molecular weight excluding hydrogens is 186 g/mol. The lowest BCUT2D eigenvalue weighted by Gasteiger charge is -2.15. The van der Waals surface area contributed by atoms with E-state index in [1.54, 1.807) is 18.3 Å². The average Bonchev–Trinajstić information content (AvgIpc) is 2.16. The lowest BCUT2D eigenvalue weighted by atomic mass is 9.88. The van der Waals surface area contributed by atoms with E-state index >= 15 is 0 Å². The highest BCUT2D eigenvalue weighted by Crippen LogP contribution is 2.17. The Bertz CT molecular complexity index is 407. The summed E-state index contributed by atoms with van der Waals surface area (Å²) in [6.45, 7) is 5.71. The van der Waals surface area contributed by atoms with Gasteiger partial charge < -0.3 is 0 Å². The largest absolute Gasteiger partial charge is 0.299 e. The normalized spacial score (nSPS) is 10.8. The summed E-state index contributed by atoms with van der Waals surface area (Å²) >= 11 is 0. The summed E-state index contributed by atoms with van der Waals surface area (Å²) in [5.74, 6) is 2.70. The van der Waals surface area contributed by atoms with Crippen LogP contribution in [-0.2, 0) is 11.2 Å². The van der Waals surface area contributed by atoms with Crippen LogP contribution >= 0.6 is 0 Å². The number of hydrogen-bond acceptors (Lipinski definition) is 2. The third-order valence-corrected chi connectivity index (χ3v) is 2.16. The first kappa shape index (κ1) is 11.5. The van der Waals surface area contributed by atoms with Crippen molar-refractivity contribution in [2.75, 3.05) is 0 Å². The Morgan fingerprint density at radius 1 is 1.53 bits per heavy atom. The number of nitrogens with zero attached hydrogens (tertiary/aromatic N) is 1. The third kappa shape index (κ3) is 3.21. The molecule has 2 heteroatoms. The van der Waals surface area contributed by atoms with Gasteiger partial charge in [-0.2, -0.15) is 0 Å². The molecule has 0 aliphatic heterocycles. The van der Waals surface area contributed by atoms with E-state index in [1.165, 1.54) is 0 Å². The van der Waals surface area contributed by atoms with E-state index in [-0.39, 0.29) is 11.2 Å². The molecule has 0 bridgehead atoms. The highest BCUT2D eigenvalue weighted by atomic mass is 16.1. The molecule has 0 spiro atoms. The molecule has 0 radical (unpaired) electrons. The molecule has 78 valence electrons. The summed E-state index contributed by atoms with van der Waals surface area (Å²) in [6.07, 6.45) is 7.26. The Balaban J connectivity index is 2.83. The highest BCUT2D eigenvalue weighted by Gasteiger charge is 2.21. The fourth-order valence-electron chi connectivity index (χ4n) is 1.09. The van der Waals surface area contributed by atoms with Crippen LogP contribution in [0.4, 0.5) is 0 Å². The Labute approximate surface area is 90.7 Å². The minimum atomic E-state index is -0.326. The Morgan fingerprint density at radius 3 is 2.73 bits per heavy atom. The molecule has 0 unspecified atom stereocenters. The summed E-state index contributed by atoms with van der Waals surface area (Å²) in [4.78, 5) is 15.9. The summed E-state index contributed by atoms with van der Waals surface area (Å²) in [5, 5.41) is 0. The van der Waals surface area contributed by atoms with Gasteiger partial charge in [-0.25, -0.2) is 0 Å². The Kier molecular flexibility index (Phi) is 3.26. The van der Waals surface area contributed by atoms with Gasteiger partial charge in [-0.3, -0.25) is 9.78 Å². The molecule has 0 atom stereocenters. The van der Waals surface area contributed by atoms with Crippen LogP contribution in [0.5, 0.6) is 0 Å². The fraction of sp³-hybridized carbons (Fsp3) is 0.385. The van der Waals surface area contributed by atoms with Gasteiger partial charge in [0.05, 0.1) is 0 Å². The zero-order valence-electron chi connectivity index (χ0n) is 9.37. The molecule has 0 saturated heterocycles. The second-order valence-electron chi connectivity index (χ2n) is 4.53. The number of hydrogen-bond donors (Lipinski definition) is 0. The van der Waals surface area contributed by atoms with Gasteiger partial charge in [0.15, 0.2) is 0 Å². The predicted molar refractivity (Wildman–Crippen MR) is 60.3 cm³/mol. The maximum atomic E-state index is 11.7. The molecule has 1 heterocycles. The number of rotatable bonds is 2.